The maximum Gasteiger partial charge on any atom is 0.410 e. The number of likely N-dealkylation sites (tertiary alicyclic amines) is 1. The van der Waals surface area contributed by atoms with E-state index in [-0.39, 0.29) is 28.6 Å². The molecule has 35 heavy (non-hydrogen) atoms. The summed E-state index contributed by atoms with van der Waals surface area (Å²) in [5, 5.41) is 3.19. The fraction of sp³-hybridized carbons (Fsp3) is 0.815. The summed E-state index contributed by atoms with van der Waals surface area (Å²) in [5.74, 6) is 0. The average molecular weight is 491 g/mol. The Bertz CT molecular complexity index is 867. The summed E-state index contributed by atoms with van der Waals surface area (Å²) in [7, 11) is 0. The number of hydrogen-bond donors (Lipinski definition) is 2. The van der Waals surface area contributed by atoms with Crippen LogP contribution in [0.3, 0.4) is 0 Å². The first-order valence-corrected chi connectivity index (χ1v) is 12.9. The van der Waals surface area contributed by atoms with Crippen LogP contribution in [0.5, 0.6) is 0 Å². The Hall–Kier alpha value is -2.25. The molecule has 0 aromatic rings. The minimum absolute atomic E-state index is 0.155. The Morgan fingerprint density at radius 1 is 1.00 bits per heavy atom. The Morgan fingerprint density at radius 3 is 2.03 bits per heavy atom. The smallest absolute Gasteiger partial charge is 0.410 e. The molecule has 1 saturated heterocycles. The van der Waals surface area contributed by atoms with Gasteiger partial charge in [-0.15, -0.1) is 0 Å². The lowest BCUT2D eigenvalue weighted by molar-refractivity contribution is 0.00814. The van der Waals surface area contributed by atoms with Crippen molar-refractivity contribution < 1.29 is 19.1 Å². The Balaban J connectivity index is 1.66. The van der Waals surface area contributed by atoms with Crippen LogP contribution in [-0.4, -0.2) is 59.2 Å². The van der Waals surface area contributed by atoms with Crippen LogP contribution in [0.15, 0.2) is 16.8 Å². The Kier molecular flexibility index (Phi) is 7.28. The van der Waals surface area contributed by atoms with Gasteiger partial charge in [0, 0.05) is 41.5 Å². The fourth-order valence-corrected chi connectivity index (χ4v) is 5.68. The van der Waals surface area contributed by atoms with Gasteiger partial charge in [0.2, 0.25) is 0 Å². The highest BCUT2D eigenvalue weighted by atomic mass is 16.6. The van der Waals surface area contributed by atoms with Gasteiger partial charge in [0.1, 0.15) is 11.2 Å². The average Bonchev–Trinajstić information content (AvgIpc) is 2.70. The van der Waals surface area contributed by atoms with Crippen LogP contribution in [0.1, 0.15) is 93.9 Å². The molecule has 8 nitrogen and oxygen atoms in total. The number of carbonyl (C=O) groups excluding carboxylic acids is 2. The van der Waals surface area contributed by atoms with E-state index in [4.69, 9.17) is 20.2 Å². The molecule has 198 valence electrons. The monoisotopic (exact) mass is 490 g/mol. The van der Waals surface area contributed by atoms with Crippen molar-refractivity contribution in [1.82, 2.24) is 10.2 Å². The maximum atomic E-state index is 12.7. The predicted octanol–water partition coefficient (Wildman–Crippen LogP) is 5.16. The van der Waals surface area contributed by atoms with E-state index in [1.165, 1.54) is 0 Å². The molecule has 1 aliphatic heterocycles. The lowest BCUT2D eigenvalue weighted by Crippen LogP contribution is -2.58. The van der Waals surface area contributed by atoms with E-state index in [1.54, 1.807) is 11.1 Å². The first-order chi connectivity index (χ1) is 16.0. The van der Waals surface area contributed by atoms with Crippen LogP contribution in [-0.2, 0) is 9.47 Å². The number of fused-ring (bicyclic) bond motifs is 3. The van der Waals surface area contributed by atoms with Gasteiger partial charge in [0.15, 0.2) is 0 Å². The molecular formula is C27H46N4O4. The van der Waals surface area contributed by atoms with E-state index in [0.717, 1.165) is 56.4 Å². The lowest BCUT2D eigenvalue weighted by atomic mass is 9.57. The van der Waals surface area contributed by atoms with E-state index in [1.807, 2.05) is 41.5 Å². The van der Waals surface area contributed by atoms with Gasteiger partial charge < -0.3 is 25.4 Å². The first kappa shape index (κ1) is 27.3. The van der Waals surface area contributed by atoms with Gasteiger partial charge in [-0.1, -0.05) is 13.8 Å². The van der Waals surface area contributed by atoms with Crippen LogP contribution >= 0.6 is 0 Å². The molecular weight excluding hydrogens is 444 g/mol. The van der Waals surface area contributed by atoms with Crippen molar-refractivity contribution in [2.75, 3.05) is 19.6 Å². The van der Waals surface area contributed by atoms with E-state index >= 15 is 0 Å². The number of amides is 2. The van der Waals surface area contributed by atoms with Crippen LogP contribution in [0.25, 0.3) is 0 Å². The molecule has 0 atom stereocenters. The Labute approximate surface area is 211 Å². The number of aliphatic imine (C=N–C) groups is 1. The highest BCUT2D eigenvalue weighted by molar-refractivity contribution is 6.06. The lowest BCUT2D eigenvalue weighted by Gasteiger charge is -2.53. The van der Waals surface area contributed by atoms with Crippen molar-refractivity contribution in [1.29, 1.82) is 0 Å². The molecule has 3 aliphatic carbocycles. The normalized spacial score (nSPS) is 30.9. The number of nitrogens with one attached hydrogen (secondary N) is 1. The van der Waals surface area contributed by atoms with Crippen LogP contribution in [0.4, 0.5) is 9.59 Å². The second kappa shape index (κ2) is 9.32. The van der Waals surface area contributed by atoms with E-state index in [0.29, 0.717) is 13.1 Å². The highest BCUT2D eigenvalue weighted by Crippen LogP contribution is 2.52. The van der Waals surface area contributed by atoms with Gasteiger partial charge in [-0.05, 0) is 85.5 Å². The zero-order chi connectivity index (χ0) is 26.3. The number of carbonyl (C=O) groups is 2. The number of hydrogen-bond acceptors (Lipinski definition) is 6. The largest absolute Gasteiger partial charge is 0.444 e. The van der Waals surface area contributed by atoms with Crippen molar-refractivity contribution in [2.24, 2.45) is 21.6 Å². The van der Waals surface area contributed by atoms with E-state index in [9.17, 15) is 9.59 Å². The molecule has 0 aromatic carbocycles. The summed E-state index contributed by atoms with van der Waals surface area (Å²) in [6.45, 7) is 17.2. The molecule has 0 unspecified atom stereocenters. The molecule has 0 spiro atoms. The third-order valence-electron chi connectivity index (χ3n) is 7.49. The molecule has 2 bridgehead atoms. The molecule has 8 heteroatoms. The number of piperidine rings is 1. The molecule has 3 saturated carbocycles. The second-order valence-electron chi connectivity index (χ2n) is 13.5. The van der Waals surface area contributed by atoms with E-state index in [2.05, 4.69) is 19.2 Å². The molecule has 4 aliphatic rings. The van der Waals surface area contributed by atoms with Gasteiger partial charge in [-0.25, -0.2) is 9.59 Å². The Morgan fingerprint density at radius 2 is 1.54 bits per heavy atom. The van der Waals surface area contributed by atoms with Crippen molar-refractivity contribution >= 4 is 17.9 Å². The van der Waals surface area contributed by atoms with Gasteiger partial charge >= 0.3 is 12.2 Å². The molecule has 0 aromatic heterocycles. The third kappa shape index (κ3) is 6.70. The van der Waals surface area contributed by atoms with E-state index < -0.39 is 11.2 Å². The number of alkyl carbamates (subject to hydrolysis) is 1. The van der Waals surface area contributed by atoms with Gasteiger partial charge in [-0.3, -0.25) is 4.99 Å². The molecule has 4 fully saturated rings. The first-order valence-electron chi connectivity index (χ1n) is 12.9. The molecule has 3 N–H and O–H groups in total. The maximum absolute atomic E-state index is 12.7. The van der Waals surface area contributed by atoms with Crippen molar-refractivity contribution in [3.63, 3.8) is 0 Å². The van der Waals surface area contributed by atoms with Gasteiger partial charge in [0.25, 0.3) is 0 Å². The summed E-state index contributed by atoms with van der Waals surface area (Å²) >= 11 is 0. The summed E-state index contributed by atoms with van der Waals surface area (Å²) in [4.78, 5) is 32.0. The molecule has 1 heterocycles. The minimum atomic E-state index is -0.545. The summed E-state index contributed by atoms with van der Waals surface area (Å²) in [6.07, 6.45) is 6.90. The zero-order valence-corrected chi connectivity index (χ0v) is 23.0. The number of nitrogens with two attached hydrogens (primary N) is 1. The quantitative estimate of drug-likeness (QED) is 0.568. The van der Waals surface area contributed by atoms with Crippen LogP contribution in [0.2, 0.25) is 0 Å². The number of ether oxygens (including phenoxy) is 2. The number of nitrogens with zero attached hydrogens (tertiary/aromatic N) is 2. The zero-order valence-electron chi connectivity index (χ0n) is 23.0. The van der Waals surface area contributed by atoms with Gasteiger partial charge in [0.05, 0.1) is 6.54 Å². The topological polar surface area (TPSA) is 106 Å². The SMILES string of the molecule is CC(C)(C)OC(=O)NC12CCC(CN=C3/C(=C\N)CN(C(=O)OC(C)(C)C)CC3(C)C)(CC1)CC2. The summed E-state index contributed by atoms with van der Waals surface area (Å²) < 4.78 is 11.1. The summed E-state index contributed by atoms with van der Waals surface area (Å²) in [6, 6.07) is 0. The van der Waals surface area contributed by atoms with Crippen molar-refractivity contribution in [3.05, 3.63) is 11.8 Å². The van der Waals surface area contributed by atoms with Crippen LogP contribution in [0, 0.1) is 10.8 Å². The molecule has 4 rings (SSSR count). The highest BCUT2D eigenvalue weighted by Gasteiger charge is 2.50. The summed E-state index contributed by atoms with van der Waals surface area (Å²) in [5.41, 5.74) is 6.52. The van der Waals surface area contributed by atoms with Crippen molar-refractivity contribution in [2.45, 2.75) is 111 Å². The van der Waals surface area contributed by atoms with Crippen molar-refractivity contribution in [3.8, 4) is 0 Å². The fourth-order valence-electron chi connectivity index (χ4n) is 5.68. The third-order valence-corrected chi connectivity index (χ3v) is 7.49. The molecule has 0 radical (unpaired) electrons. The second-order valence-corrected chi connectivity index (χ2v) is 13.5. The standard InChI is InChI=1S/C27H46N4O4/c1-23(2,3)34-21(32)30-27-12-9-26(10-13-27,11-14-27)17-29-20-19(15-28)16-31(18-25(20,7)8)22(33)35-24(4,5)6/h15H,9-14,16-18,28H2,1-8H3,(H,30,32)/b19-15-,29-20?. The van der Waals surface area contributed by atoms with Gasteiger partial charge in [-0.2, -0.15) is 0 Å². The number of rotatable bonds is 3. The molecule has 2 amide bonds. The van der Waals surface area contributed by atoms with Crippen LogP contribution < -0.4 is 11.1 Å². The predicted molar refractivity (Wildman–Crippen MR) is 138 cm³/mol. The minimum Gasteiger partial charge on any atom is -0.444 e.